The lowest BCUT2D eigenvalue weighted by Gasteiger charge is -2.26. The first-order valence-corrected chi connectivity index (χ1v) is 6.71. The van der Waals surface area contributed by atoms with E-state index >= 15 is 0 Å². The fourth-order valence-corrected chi connectivity index (χ4v) is 4.08. The van der Waals surface area contributed by atoms with Crippen LogP contribution >= 0.6 is 20.7 Å². The third-order valence-electron chi connectivity index (χ3n) is 2.46. The topological polar surface area (TPSA) is 37.3 Å². The number of carboxylic acids is 1. The minimum atomic E-state index is -0.788. The molecule has 0 unspecified atom stereocenters. The van der Waals surface area contributed by atoms with E-state index in [-0.39, 0.29) is 20.7 Å². The summed E-state index contributed by atoms with van der Waals surface area (Å²) >= 11 is -0.133. The number of carbonyl (C=O) groups is 1. The van der Waals surface area contributed by atoms with Gasteiger partial charge in [0.2, 0.25) is 0 Å². The van der Waals surface area contributed by atoms with Gasteiger partial charge in [0.05, 0.1) is 5.57 Å². The van der Waals surface area contributed by atoms with Gasteiger partial charge in [0, 0.05) is 0 Å². The first kappa shape index (κ1) is 9.12. The van der Waals surface area contributed by atoms with Gasteiger partial charge >= 0.3 is 5.97 Å². The molecule has 13 heavy (non-hydrogen) atoms. The summed E-state index contributed by atoms with van der Waals surface area (Å²) in [5.41, 5.74) is 0.482. The number of carboxylic acid groups (broad SMARTS) is 1. The van der Waals surface area contributed by atoms with E-state index < -0.39 is 5.97 Å². The fraction of sp³-hybridized carbons (Fsp3) is 0.400. The van der Waals surface area contributed by atoms with Crippen LogP contribution in [-0.2, 0) is 4.79 Å². The fourth-order valence-electron chi connectivity index (χ4n) is 1.39. The molecule has 1 fully saturated rings. The van der Waals surface area contributed by atoms with E-state index in [1.54, 1.807) is 6.08 Å². The highest BCUT2D eigenvalue weighted by Gasteiger charge is 2.21. The largest absolute Gasteiger partial charge is 0.478 e. The Morgan fingerprint density at radius 1 is 1.46 bits per heavy atom. The van der Waals surface area contributed by atoms with Crippen LogP contribution < -0.4 is 0 Å². The minimum Gasteiger partial charge on any atom is -0.478 e. The Labute approximate surface area is 87.1 Å². The normalized spacial score (nSPS) is 22.5. The number of aliphatic carboxylic acids is 1. The maximum Gasteiger partial charge on any atom is 0.336 e. The molecule has 70 valence electrons. The molecule has 1 N–H and O–H groups in total. The van der Waals surface area contributed by atoms with Crippen LogP contribution in [0.4, 0.5) is 0 Å². The molecule has 3 heteroatoms. The molecule has 0 amide bonds. The molecular formula is C10H11IO2. The van der Waals surface area contributed by atoms with Crippen LogP contribution in [-0.4, -0.2) is 14.6 Å². The van der Waals surface area contributed by atoms with Crippen molar-refractivity contribution in [3.05, 3.63) is 21.8 Å². The van der Waals surface area contributed by atoms with Gasteiger partial charge in [-0.15, -0.1) is 0 Å². The molecule has 2 aliphatic rings. The summed E-state index contributed by atoms with van der Waals surface area (Å²) in [6.45, 7) is 0. The highest BCUT2D eigenvalue weighted by atomic mass is 127. The third-order valence-corrected chi connectivity index (χ3v) is 5.40. The Hall–Kier alpha value is -0.450. The lowest BCUT2D eigenvalue weighted by atomic mass is 9.83. The van der Waals surface area contributed by atoms with Crippen LogP contribution in [0.3, 0.4) is 0 Å². The maximum atomic E-state index is 10.6. The van der Waals surface area contributed by atoms with E-state index in [0.717, 1.165) is 5.92 Å². The van der Waals surface area contributed by atoms with Gasteiger partial charge in [0.25, 0.3) is 0 Å². The lowest BCUT2D eigenvalue weighted by Crippen LogP contribution is -2.19. The molecule has 0 radical (unpaired) electrons. The molecule has 0 aromatic rings. The number of halogens is 1. The molecule has 0 aromatic carbocycles. The van der Waals surface area contributed by atoms with Crippen molar-refractivity contribution in [2.45, 2.75) is 19.3 Å². The summed E-state index contributed by atoms with van der Waals surface area (Å²) in [6, 6.07) is 0. The lowest BCUT2D eigenvalue weighted by molar-refractivity contribution is -0.132. The molecule has 1 saturated carbocycles. The molecule has 0 saturated heterocycles. The van der Waals surface area contributed by atoms with E-state index in [0.29, 0.717) is 5.57 Å². The quantitative estimate of drug-likeness (QED) is 0.793. The van der Waals surface area contributed by atoms with Crippen LogP contribution in [0.1, 0.15) is 19.3 Å². The van der Waals surface area contributed by atoms with Gasteiger partial charge in [0.1, 0.15) is 0 Å². The van der Waals surface area contributed by atoms with Crippen molar-refractivity contribution in [1.29, 1.82) is 0 Å². The van der Waals surface area contributed by atoms with E-state index in [4.69, 9.17) is 5.11 Å². The smallest absolute Gasteiger partial charge is 0.336 e. The number of hydrogen-bond donors (Lipinski definition) is 1. The van der Waals surface area contributed by atoms with Crippen LogP contribution in [0.2, 0.25) is 0 Å². The molecule has 1 aliphatic heterocycles. The van der Waals surface area contributed by atoms with Gasteiger partial charge in [-0.3, -0.25) is 0 Å². The van der Waals surface area contributed by atoms with Crippen molar-refractivity contribution in [3.63, 3.8) is 0 Å². The second-order valence-electron chi connectivity index (χ2n) is 3.32. The van der Waals surface area contributed by atoms with Crippen molar-refractivity contribution in [2.24, 2.45) is 5.92 Å². The van der Waals surface area contributed by atoms with Crippen molar-refractivity contribution in [1.82, 2.24) is 0 Å². The number of rotatable bonds is 2. The zero-order valence-electron chi connectivity index (χ0n) is 7.16. The zero-order chi connectivity index (χ0) is 9.26. The van der Waals surface area contributed by atoms with E-state index in [9.17, 15) is 4.79 Å². The summed E-state index contributed by atoms with van der Waals surface area (Å²) in [4.78, 5) is 10.6. The average Bonchev–Trinajstić information content (AvgIpc) is 2.02. The van der Waals surface area contributed by atoms with Gasteiger partial charge in [-0.2, -0.15) is 0 Å². The van der Waals surface area contributed by atoms with Crippen LogP contribution in [0.25, 0.3) is 0 Å². The molecule has 1 heterocycles. The Morgan fingerprint density at radius 3 is 2.62 bits per heavy atom. The predicted molar refractivity (Wildman–Crippen MR) is 61.2 cm³/mol. The summed E-state index contributed by atoms with van der Waals surface area (Å²) in [5.74, 6) is -0.000690. The van der Waals surface area contributed by atoms with Crippen LogP contribution in [0, 0.1) is 5.92 Å². The highest BCUT2D eigenvalue weighted by molar-refractivity contribution is 14.2. The molecule has 0 bridgehead atoms. The standard InChI is InChI=1S/C10H11IO2/c12-10(13)8-4-5-9(11-6-8)7-2-1-3-7/h4-7H,1-3H2,(H,12,13). The van der Waals surface area contributed by atoms with E-state index in [2.05, 4.69) is 0 Å². The molecule has 2 rings (SSSR count). The Morgan fingerprint density at radius 2 is 2.23 bits per heavy atom. The van der Waals surface area contributed by atoms with Gasteiger partial charge in [-0.25, -0.2) is 4.79 Å². The Bertz CT molecular complexity index is 322. The summed E-state index contributed by atoms with van der Waals surface area (Å²) < 4.78 is 3.45. The van der Waals surface area contributed by atoms with Crippen molar-refractivity contribution in [2.75, 3.05) is 0 Å². The number of allylic oxidation sites excluding steroid dienone is 1. The first-order chi connectivity index (χ1) is 6.27. The highest BCUT2D eigenvalue weighted by Crippen LogP contribution is 2.33. The molecule has 2 nitrogen and oxygen atoms in total. The molecule has 0 atom stereocenters. The predicted octanol–water partition coefficient (Wildman–Crippen LogP) is 2.47. The van der Waals surface area contributed by atoms with Crippen LogP contribution in [0.15, 0.2) is 21.8 Å². The van der Waals surface area contributed by atoms with Crippen molar-refractivity contribution in [3.8, 4) is 0 Å². The van der Waals surface area contributed by atoms with Gasteiger partial charge in [-0.1, -0.05) is 33.2 Å². The molecule has 0 aromatic heterocycles. The number of hydrogen-bond acceptors (Lipinski definition) is 1. The molecule has 0 spiro atoms. The minimum absolute atomic E-state index is 0.133. The molecule has 1 aliphatic carbocycles. The molecular weight excluding hydrogens is 279 g/mol. The van der Waals surface area contributed by atoms with Crippen LogP contribution in [0.5, 0.6) is 0 Å². The van der Waals surface area contributed by atoms with E-state index in [1.807, 2.05) is 10.2 Å². The Kier molecular flexibility index (Phi) is 2.62. The zero-order valence-corrected chi connectivity index (χ0v) is 9.32. The monoisotopic (exact) mass is 290 g/mol. The van der Waals surface area contributed by atoms with Crippen molar-refractivity contribution >= 4 is 30.2 Å². The second-order valence-corrected chi connectivity index (χ2v) is 5.82. The van der Waals surface area contributed by atoms with E-state index in [1.165, 1.54) is 22.8 Å². The summed E-state index contributed by atoms with van der Waals surface area (Å²) in [6.07, 6.45) is 7.77. The van der Waals surface area contributed by atoms with Gasteiger partial charge in [0.15, 0.2) is 0 Å². The van der Waals surface area contributed by atoms with Crippen molar-refractivity contribution < 1.29 is 9.90 Å². The summed E-state index contributed by atoms with van der Waals surface area (Å²) in [5, 5.41) is 8.72. The van der Waals surface area contributed by atoms with Gasteiger partial charge < -0.3 is 5.11 Å². The Balaban J connectivity index is 2.11. The SMILES string of the molecule is O=C(O)C1=CI=C(C2CCC2)C=C1. The second kappa shape index (κ2) is 3.74. The third kappa shape index (κ3) is 1.90. The average molecular weight is 290 g/mol. The van der Waals surface area contributed by atoms with Gasteiger partial charge in [-0.05, 0) is 32.4 Å². The summed E-state index contributed by atoms with van der Waals surface area (Å²) in [7, 11) is 0. The first-order valence-electron chi connectivity index (χ1n) is 4.39. The maximum absolute atomic E-state index is 10.6.